The number of hydrogen-bond donors (Lipinski definition) is 1. The lowest BCUT2D eigenvalue weighted by Crippen LogP contribution is -2.26. The van der Waals surface area contributed by atoms with E-state index < -0.39 is 15.8 Å². The Morgan fingerprint density at radius 3 is 2.55 bits per heavy atom. The first kappa shape index (κ1) is 14.8. The minimum absolute atomic E-state index is 0.0331. The number of sulfone groups is 1. The van der Waals surface area contributed by atoms with Gasteiger partial charge in [-0.15, -0.1) is 0 Å². The smallest absolute Gasteiger partial charge is 0.339 e. The molecule has 6 nitrogen and oxygen atoms in total. The van der Waals surface area contributed by atoms with Crippen LogP contribution in [0.4, 0.5) is 0 Å². The minimum Gasteiger partial charge on any atom is -0.489 e. The van der Waals surface area contributed by atoms with Crippen molar-refractivity contribution in [2.75, 3.05) is 19.5 Å². The summed E-state index contributed by atoms with van der Waals surface area (Å²) in [5.41, 5.74) is -0.139. The molecule has 1 aromatic rings. The lowest BCUT2D eigenvalue weighted by molar-refractivity contribution is 0.0248. The van der Waals surface area contributed by atoms with Crippen LogP contribution >= 0.6 is 0 Å². The molecular formula is C13H16O6S. The highest BCUT2D eigenvalue weighted by Crippen LogP contribution is 2.25. The number of benzene rings is 1. The lowest BCUT2D eigenvalue weighted by Gasteiger charge is -2.24. The molecule has 0 spiro atoms. The fourth-order valence-corrected chi connectivity index (χ4v) is 2.63. The van der Waals surface area contributed by atoms with Crippen LogP contribution in [0, 0.1) is 0 Å². The highest BCUT2D eigenvalue weighted by molar-refractivity contribution is 7.90. The Hall–Kier alpha value is -1.60. The van der Waals surface area contributed by atoms with Crippen molar-refractivity contribution in [1.82, 2.24) is 0 Å². The molecule has 2 rings (SSSR count). The van der Waals surface area contributed by atoms with Crippen molar-refractivity contribution in [3.8, 4) is 5.75 Å². The van der Waals surface area contributed by atoms with E-state index in [0.29, 0.717) is 26.1 Å². The van der Waals surface area contributed by atoms with Crippen LogP contribution in [-0.4, -0.2) is 45.1 Å². The molecule has 110 valence electrons. The first-order valence-electron chi connectivity index (χ1n) is 6.20. The van der Waals surface area contributed by atoms with Crippen LogP contribution in [0.1, 0.15) is 23.2 Å². The van der Waals surface area contributed by atoms with Crippen molar-refractivity contribution in [2.45, 2.75) is 23.8 Å². The predicted octanol–water partition coefficient (Wildman–Crippen LogP) is 1.35. The Kier molecular flexibility index (Phi) is 4.29. The second kappa shape index (κ2) is 5.80. The van der Waals surface area contributed by atoms with Gasteiger partial charge >= 0.3 is 5.97 Å². The van der Waals surface area contributed by atoms with E-state index in [1.807, 2.05) is 0 Å². The van der Waals surface area contributed by atoms with Gasteiger partial charge in [0.1, 0.15) is 17.4 Å². The van der Waals surface area contributed by atoms with Gasteiger partial charge in [-0.3, -0.25) is 0 Å². The SMILES string of the molecule is CS(=O)(=O)c1ccc(OC2CCOCC2)c(C(=O)O)c1. The molecule has 7 heteroatoms. The van der Waals surface area contributed by atoms with E-state index in [-0.39, 0.29) is 22.3 Å². The molecule has 0 aromatic heterocycles. The summed E-state index contributed by atoms with van der Waals surface area (Å²) < 4.78 is 33.8. The van der Waals surface area contributed by atoms with Gasteiger partial charge in [0, 0.05) is 19.1 Å². The van der Waals surface area contributed by atoms with Crippen LogP contribution in [0.5, 0.6) is 5.75 Å². The van der Waals surface area contributed by atoms with Crippen molar-refractivity contribution in [2.24, 2.45) is 0 Å². The normalized spacial score (nSPS) is 16.9. The van der Waals surface area contributed by atoms with E-state index in [9.17, 15) is 18.3 Å². The van der Waals surface area contributed by atoms with Gasteiger partial charge in [-0.25, -0.2) is 13.2 Å². The second-order valence-electron chi connectivity index (χ2n) is 4.66. The van der Waals surface area contributed by atoms with Crippen molar-refractivity contribution in [3.05, 3.63) is 23.8 Å². The van der Waals surface area contributed by atoms with E-state index in [2.05, 4.69) is 0 Å². The van der Waals surface area contributed by atoms with Gasteiger partial charge in [-0.05, 0) is 18.2 Å². The van der Waals surface area contributed by atoms with Crippen LogP contribution in [0.15, 0.2) is 23.1 Å². The monoisotopic (exact) mass is 300 g/mol. The first-order valence-corrected chi connectivity index (χ1v) is 8.09. The number of carboxylic acid groups (broad SMARTS) is 1. The third kappa shape index (κ3) is 3.49. The Labute approximate surface area is 117 Å². The molecule has 1 saturated heterocycles. The number of carboxylic acids is 1. The molecule has 1 aliphatic rings. The Morgan fingerprint density at radius 1 is 1.35 bits per heavy atom. The van der Waals surface area contributed by atoms with Gasteiger partial charge in [0.2, 0.25) is 0 Å². The summed E-state index contributed by atoms with van der Waals surface area (Å²) in [7, 11) is -3.45. The summed E-state index contributed by atoms with van der Waals surface area (Å²) >= 11 is 0. The van der Waals surface area contributed by atoms with Crippen LogP contribution in [0.2, 0.25) is 0 Å². The molecule has 0 radical (unpaired) electrons. The topological polar surface area (TPSA) is 89.9 Å². The fourth-order valence-electron chi connectivity index (χ4n) is 1.98. The molecule has 1 aliphatic heterocycles. The molecule has 0 bridgehead atoms. The molecule has 0 saturated carbocycles. The quantitative estimate of drug-likeness (QED) is 0.902. The lowest BCUT2D eigenvalue weighted by atomic mass is 10.1. The van der Waals surface area contributed by atoms with E-state index >= 15 is 0 Å². The molecule has 1 N–H and O–H groups in total. The number of rotatable bonds is 4. The standard InChI is InChI=1S/C13H16O6S/c1-20(16,17)10-2-3-12(11(8-10)13(14)15)19-9-4-6-18-7-5-9/h2-3,8-9H,4-7H2,1H3,(H,14,15). The second-order valence-corrected chi connectivity index (χ2v) is 6.68. The maximum atomic E-state index is 11.5. The average Bonchev–Trinajstić information content (AvgIpc) is 2.38. The summed E-state index contributed by atoms with van der Waals surface area (Å²) in [6.07, 6.45) is 2.30. The fraction of sp³-hybridized carbons (Fsp3) is 0.462. The van der Waals surface area contributed by atoms with Gasteiger partial charge in [0.15, 0.2) is 9.84 Å². The van der Waals surface area contributed by atoms with E-state index in [1.54, 1.807) is 0 Å². The van der Waals surface area contributed by atoms with E-state index in [0.717, 1.165) is 12.3 Å². The van der Waals surface area contributed by atoms with Crippen molar-refractivity contribution < 1.29 is 27.8 Å². The molecule has 0 aliphatic carbocycles. The van der Waals surface area contributed by atoms with Gasteiger partial charge in [0.05, 0.1) is 18.1 Å². The van der Waals surface area contributed by atoms with Crippen LogP contribution in [0.25, 0.3) is 0 Å². The zero-order valence-electron chi connectivity index (χ0n) is 11.0. The number of aromatic carboxylic acids is 1. The number of hydrogen-bond acceptors (Lipinski definition) is 5. The third-order valence-corrected chi connectivity index (χ3v) is 4.18. The molecule has 0 atom stereocenters. The van der Waals surface area contributed by atoms with Gasteiger partial charge in [0.25, 0.3) is 0 Å². The zero-order chi connectivity index (χ0) is 14.8. The molecule has 0 amide bonds. The van der Waals surface area contributed by atoms with Crippen molar-refractivity contribution >= 4 is 15.8 Å². The molecule has 1 heterocycles. The Balaban J connectivity index is 2.30. The first-order chi connectivity index (χ1) is 9.38. The molecular weight excluding hydrogens is 284 g/mol. The zero-order valence-corrected chi connectivity index (χ0v) is 11.9. The summed E-state index contributed by atoms with van der Waals surface area (Å²) in [6.45, 7) is 1.16. The van der Waals surface area contributed by atoms with Gasteiger partial charge in [-0.2, -0.15) is 0 Å². The molecule has 1 aromatic carbocycles. The predicted molar refractivity (Wildman–Crippen MR) is 71.0 cm³/mol. The molecule has 0 unspecified atom stereocenters. The molecule has 20 heavy (non-hydrogen) atoms. The largest absolute Gasteiger partial charge is 0.489 e. The number of ether oxygens (including phenoxy) is 2. The summed E-state index contributed by atoms with van der Waals surface area (Å²) in [5.74, 6) is -1.02. The van der Waals surface area contributed by atoms with Crippen LogP contribution < -0.4 is 4.74 Å². The number of carbonyl (C=O) groups is 1. The maximum Gasteiger partial charge on any atom is 0.339 e. The van der Waals surface area contributed by atoms with Crippen molar-refractivity contribution in [1.29, 1.82) is 0 Å². The van der Waals surface area contributed by atoms with E-state index in [4.69, 9.17) is 9.47 Å². The van der Waals surface area contributed by atoms with E-state index in [1.165, 1.54) is 12.1 Å². The average molecular weight is 300 g/mol. The highest BCUT2D eigenvalue weighted by atomic mass is 32.2. The third-order valence-electron chi connectivity index (χ3n) is 3.07. The van der Waals surface area contributed by atoms with Gasteiger partial charge in [-0.1, -0.05) is 0 Å². The highest BCUT2D eigenvalue weighted by Gasteiger charge is 2.21. The van der Waals surface area contributed by atoms with Crippen LogP contribution in [0.3, 0.4) is 0 Å². The summed E-state index contributed by atoms with van der Waals surface area (Å²) in [5, 5.41) is 9.19. The Bertz CT molecular complexity index is 601. The van der Waals surface area contributed by atoms with Gasteiger partial charge < -0.3 is 14.6 Å². The molecule has 1 fully saturated rings. The van der Waals surface area contributed by atoms with Crippen molar-refractivity contribution in [3.63, 3.8) is 0 Å². The minimum atomic E-state index is -3.45. The maximum absolute atomic E-state index is 11.5. The summed E-state index contributed by atoms with van der Waals surface area (Å²) in [6, 6.07) is 3.89. The Morgan fingerprint density at radius 2 is 2.00 bits per heavy atom. The summed E-state index contributed by atoms with van der Waals surface area (Å²) in [4.78, 5) is 11.2. The van der Waals surface area contributed by atoms with Crippen LogP contribution in [-0.2, 0) is 14.6 Å².